The fourth-order valence-electron chi connectivity index (χ4n) is 1.91. The summed E-state index contributed by atoms with van der Waals surface area (Å²) in [6.07, 6.45) is 7.28. The molecule has 0 aromatic carbocycles. The monoisotopic (exact) mass is 170 g/mol. The van der Waals surface area contributed by atoms with Gasteiger partial charge in [-0.1, -0.05) is 19.3 Å². The van der Waals surface area contributed by atoms with Crippen LogP contribution in [0.1, 0.15) is 32.1 Å². The van der Waals surface area contributed by atoms with Crippen molar-refractivity contribution in [3.05, 3.63) is 0 Å². The average Bonchev–Trinajstić information content (AvgIpc) is 2.14. The van der Waals surface area contributed by atoms with Crippen molar-refractivity contribution in [2.75, 3.05) is 26.7 Å². The van der Waals surface area contributed by atoms with Crippen molar-refractivity contribution in [2.24, 2.45) is 5.92 Å². The first-order chi connectivity index (χ1) is 5.93. The third kappa shape index (κ3) is 4.07. The van der Waals surface area contributed by atoms with Gasteiger partial charge in [-0.15, -0.1) is 0 Å². The quantitative estimate of drug-likeness (QED) is 0.609. The number of nitrogens with one attached hydrogen (secondary N) is 2. The molecule has 1 fully saturated rings. The highest BCUT2D eigenvalue weighted by molar-refractivity contribution is 4.67. The number of hydrogen-bond acceptors (Lipinski definition) is 2. The molecule has 12 heavy (non-hydrogen) atoms. The molecule has 2 heteroatoms. The van der Waals surface area contributed by atoms with Gasteiger partial charge in [0.25, 0.3) is 0 Å². The van der Waals surface area contributed by atoms with Crippen molar-refractivity contribution in [3.63, 3.8) is 0 Å². The summed E-state index contributed by atoms with van der Waals surface area (Å²) in [4.78, 5) is 0. The van der Waals surface area contributed by atoms with E-state index in [9.17, 15) is 0 Å². The molecule has 1 rings (SSSR count). The Hall–Kier alpha value is -0.0800. The number of rotatable bonds is 5. The molecular weight excluding hydrogens is 148 g/mol. The minimum absolute atomic E-state index is 0.968. The van der Waals surface area contributed by atoms with Gasteiger partial charge >= 0.3 is 0 Å². The molecule has 0 unspecified atom stereocenters. The smallest absolute Gasteiger partial charge is 0.00767 e. The minimum Gasteiger partial charge on any atom is -0.318 e. The number of likely N-dealkylation sites (N-methyl/N-ethyl adjacent to an activating group) is 1. The molecule has 0 amide bonds. The highest BCUT2D eigenvalue weighted by atomic mass is 14.9. The van der Waals surface area contributed by atoms with E-state index in [0.29, 0.717) is 0 Å². The lowest BCUT2D eigenvalue weighted by Gasteiger charge is -2.21. The van der Waals surface area contributed by atoms with Crippen molar-refractivity contribution in [2.45, 2.75) is 32.1 Å². The Kier molecular flexibility index (Phi) is 5.37. The molecule has 0 spiro atoms. The molecule has 0 atom stereocenters. The standard InChI is InChI=1S/C10H22N2/c1-11-7-8-12-9-10-5-3-2-4-6-10/h10-12H,2-9H2,1H3. The van der Waals surface area contributed by atoms with Crippen molar-refractivity contribution in [3.8, 4) is 0 Å². The lowest BCUT2D eigenvalue weighted by atomic mass is 9.89. The average molecular weight is 170 g/mol. The Morgan fingerprint density at radius 2 is 1.83 bits per heavy atom. The molecule has 0 radical (unpaired) electrons. The summed E-state index contributed by atoms with van der Waals surface area (Å²) in [6.45, 7) is 3.45. The molecule has 0 bridgehead atoms. The van der Waals surface area contributed by atoms with E-state index < -0.39 is 0 Å². The summed E-state index contributed by atoms with van der Waals surface area (Å²) in [7, 11) is 2.00. The van der Waals surface area contributed by atoms with Crippen LogP contribution in [0.2, 0.25) is 0 Å². The van der Waals surface area contributed by atoms with Crippen LogP contribution in [-0.2, 0) is 0 Å². The maximum Gasteiger partial charge on any atom is 0.00767 e. The van der Waals surface area contributed by atoms with Gasteiger partial charge in [0, 0.05) is 13.1 Å². The zero-order chi connectivity index (χ0) is 8.65. The Balaban J connectivity index is 1.91. The van der Waals surface area contributed by atoms with Crippen LogP contribution in [0.4, 0.5) is 0 Å². The zero-order valence-electron chi connectivity index (χ0n) is 8.23. The van der Waals surface area contributed by atoms with Crippen LogP contribution in [0.25, 0.3) is 0 Å². The van der Waals surface area contributed by atoms with E-state index in [1.54, 1.807) is 0 Å². The summed E-state index contributed by atoms with van der Waals surface area (Å²) in [5.74, 6) is 0.968. The van der Waals surface area contributed by atoms with Gasteiger partial charge in [-0.25, -0.2) is 0 Å². The molecule has 0 aliphatic heterocycles. The largest absolute Gasteiger partial charge is 0.318 e. The molecular formula is C10H22N2. The van der Waals surface area contributed by atoms with Gasteiger partial charge in [0.1, 0.15) is 0 Å². The molecule has 0 heterocycles. The van der Waals surface area contributed by atoms with Crippen molar-refractivity contribution >= 4 is 0 Å². The molecule has 0 aromatic rings. The second kappa shape index (κ2) is 6.44. The Morgan fingerprint density at radius 1 is 1.08 bits per heavy atom. The Labute approximate surface area is 76.1 Å². The molecule has 2 N–H and O–H groups in total. The molecule has 1 aliphatic rings. The zero-order valence-corrected chi connectivity index (χ0v) is 8.23. The molecule has 0 saturated heterocycles. The highest BCUT2D eigenvalue weighted by Gasteiger charge is 2.11. The lowest BCUT2D eigenvalue weighted by molar-refractivity contribution is 0.343. The van der Waals surface area contributed by atoms with Crippen LogP contribution in [0, 0.1) is 5.92 Å². The van der Waals surface area contributed by atoms with Gasteiger partial charge in [0.2, 0.25) is 0 Å². The molecule has 2 nitrogen and oxygen atoms in total. The first-order valence-corrected chi connectivity index (χ1v) is 5.29. The van der Waals surface area contributed by atoms with E-state index in [1.807, 2.05) is 7.05 Å². The topological polar surface area (TPSA) is 24.1 Å². The Bertz CT molecular complexity index is 98.0. The second-order valence-electron chi connectivity index (χ2n) is 3.81. The molecule has 1 aliphatic carbocycles. The van der Waals surface area contributed by atoms with Gasteiger partial charge in [-0.05, 0) is 32.4 Å². The van der Waals surface area contributed by atoms with Crippen molar-refractivity contribution in [1.29, 1.82) is 0 Å². The van der Waals surface area contributed by atoms with E-state index in [1.165, 1.54) is 38.6 Å². The van der Waals surface area contributed by atoms with E-state index in [2.05, 4.69) is 10.6 Å². The van der Waals surface area contributed by atoms with Crippen LogP contribution in [-0.4, -0.2) is 26.7 Å². The van der Waals surface area contributed by atoms with Crippen LogP contribution >= 0.6 is 0 Å². The van der Waals surface area contributed by atoms with Crippen LogP contribution < -0.4 is 10.6 Å². The van der Waals surface area contributed by atoms with E-state index >= 15 is 0 Å². The summed E-state index contributed by atoms with van der Waals surface area (Å²) in [5, 5.41) is 6.64. The fraction of sp³-hybridized carbons (Fsp3) is 1.00. The van der Waals surface area contributed by atoms with Gasteiger partial charge < -0.3 is 10.6 Å². The van der Waals surface area contributed by atoms with Gasteiger partial charge in [-0.3, -0.25) is 0 Å². The molecule has 72 valence electrons. The minimum atomic E-state index is 0.968. The van der Waals surface area contributed by atoms with Crippen LogP contribution in [0.5, 0.6) is 0 Å². The summed E-state index contributed by atoms with van der Waals surface area (Å²) in [5.41, 5.74) is 0. The SMILES string of the molecule is CNCCNCC1CCCCC1. The van der Waals surface area contributed by atoms with Crippen molar-refractivity contribution in [1.82, 2.24) is 10.6 Å². The lowest BCUT2D eigenvalue weighted by Crippen LogP contribution is -2.30. The molecule has 0 aromatic heterocycles. The maximum absolute atomic E-state index is 3.49. The maximum atomic E-state index is 3.49. The summed E-state index contributed by atoms with van der Waals surface area (Å²) >= 11 is 0. The molecule has 1 saturated carbocycles. The first kappa shape index (κ1) is 10.0. The third-order valence-electron chi connectivity index (χ3n) is 2.71. The fourth-order valence-corrected chi connectivity index (χ4v) is 1.91. The van der Waals surface area contributed by atoms with Gasteiger partial charge in [-0.2, -0.15) is 0 Å². The van der Waals surface area contributed by atoms with E-state index in [0.717, 1.165) is 19.0 Å². The first-order valence-electron chi connectivity index (χ1n) is 5.29. The van der Waals surface area contributed by atoms with Gasteiger partial charge in [0.05, 0.1) is 0 Å². The van der Waals surface area contributed by atoms with E-state index in [-0.39, 0.29) is 0 Å². The summed E-state index contributed by atoms with van der Waals surface area (Å²) in [6, 6.07) is 0. The third-order valence-corrected chi connectivity index (χ3v) is 2.71. The number of hydrogen-bond donors (Lipinski definition) is 2. The van der Waals surface area contributed by atoms with E-state index in [4.69, 9.17) is 0 Å². The van der Waals surface area contributed by atoms with Crippen LogP contribution in [0.3, 0.4) is 0 Å². The predicted octanol–water partition coefficient (Wildman–Crippen LogP) is 1.38. The summed E-state index contributed by atoms with van der Waals surface area (Å²) < 4.78 is 0. The second-order valence-corrected chi connectivity index (χ2v) is 3.81. The van der Waals surface area contributed by atoms with Crippen LogP contribution in [0.15, 0.2) is 0 Å². The normalized spacial score (nSPS) is 19.8. The highest BCUT2D eigenvalue weighted by Crippen LogP contribution is 2.22. The van der Waals surface area contributed by atoms with Crippen molar-refractivity contribution < 1.29 is 0 Å². The predicted molar refractivity (Wildman–Crippen MR) is 53.4 cm³/mol. The Morgan fingerprint density at radius 3 is 2.50 bits per heavy atom. The van der Waals surface area contributed by atoms with Gasteiger partial charge in [0.15, 0.2) is 0 Å².